The van der Waals surface area contributed by atoms with Crippen molar-refractivity contribution in [1.82, 2.24) is 14.9 Å². The van der Waals surface area contributed by atoms with Crippen molar-refractivity contribution in [2.24, 2.45) is 5.10 Å². The highest BCUT2D eigenvalue weighted by Gasteiger charge is 2.12. The number of ether oxygens (including phenoxy) is 3. The fourth-order valence-corrected chi connectivity index (χ4v) is 3.13. The lowest BCUT2D eigenvalue weighted by molar-refractivity contribution is 0.207. The SMILES string of the molecule is CCOc1cc(/C=N\n2cnnc2)cc(Br)c1OCCOc1ccc(Br)cc1. The Morgan fingerprint density at radius 1 is 1.00 bits per heavy atom. The molecular weight excluding hydrogens is 492 g/mol. The minimum absolute atomic E-state index is 0.378. The molecule has 3 aromatic rings. The molecule has 0 aliphatic heterocycles. The topological polar surface area (TPSA) is 70.8 Å². The van der Waals surface area contributed by atoms with E-state index in [9.17, 15) is 0 Å². The van der Waals surface area contributed by atoms with Crippen molar-refractivity contribution in [3.8, 4) is 17.2 Å². The van der Waals surface area contributed by atoms with E-state index in [0.29, 0.717) is 31.3 Å². The van der Waals surface area contributed by atoms with Gasteiger partial charge in [-0.1, -0.05) is 15.9 Å². The Hall–Kier alpha value is -2.39. The van der Waals surface area contributed by atoms with Crippen LogP contribution in [0.25, 0.3) is 0 Å². The summed E-state index contributed by atoms with van der Waals surface area (Å²) in [5.41, 5.74) is 0.850. The molecule has 0 radical (unpaired) electrons. The smallest absolute Gasteiger partial charge is 0.175 e. The van der Waals surface area contributed by atoms with Crippen LogP contribution in [0.5, 0.6) is 17.2 Å². The Kier molecular flexibility index (Phi) is 7.44. The molecule has 0 fully saturated rings. The maximum Gasteiger partial charge on any atom is 0.175 e. The quantitative estimate of drug-likeness (QED) is 0.313. The first-order chi connectivity index (χ1) is 13.7. The first-order valence-electron chi connectivity index (χ1n) is 8.52. The van der Waals surface area contributed by atoms with Crippen LogP contribution in [-0.2, 0) is 0 Å². The average molecular weight is 510 g/mol. The molecule has 0 N–H and O–H groups in total. The Morgan fingerprint density at radius 2 is 1.71 bits per heavy atom. The van der Waals surface area contributed by atoms with Gasteiger partial charge in [-0.25, -0.2) is 4.68 Å². The minimum atomic E-state index is 0.378. The van der Waals surface area contributed by atoms with Crippen LogP contribution in [0.1, 0.15) is 12.5 Å². The molecule has 0 unspecified atom stereocenters. The molecule has 2 aromatic carbocycles. The maximum absolute atomic E-state index is 5.90. The molecule has 28 heavy (non-hydrogen) atoms. The molecule has 146 valence electrons. The highest BCUT2D eigenvalue weighted by Crippen LogP contribution is 2.36. The normalized spacial score (nSPS) is 11.0. The van der Waals surface area contributed by atoms with Crippen LogP contribution in [0, 0.1) is 0 Å². The predicted molar refractivity (Wildman–Crippen MR) is 113 cm³/mol. The second-order valence-corrected chi connectivity index (χ2v) is 7.27. The average Bonchev–Trinajstić information content (AvgIpc) is 3.20. The molecule has 3 rings (SSSR count). The van der Waals surface area contributed by atoms with Gasteiger partial charge in [0, 0.05) is 4.47 Å². The van der Waals surface area contributed by atoms with E-state index < -0.39 is 0 Å². The lowest BCUT2D eigenvalue weighted by Crippen LogP contribution is -2.10. The van der Waals surface area contributed by atoms with Gasteiger partial charge in [-0.3, -0.25) is 0 Å². The molecule has 0 spiro atoms. The molecule has 1 heterocycles. The molecule has 7 nitrogen and oxygen atoms in total. The number of benzene rings is 2. The summed E-state index contributed by atoms with van der Waals surface area (Å²) in [5, 5.41) is 11.7. The van der Waals surface area contributed by atoms with Crippen molar-refractivity contribution in [2.75, 3.05) is 19.8 Å². The van der Waals surface area contributed by atoms with Crippen molar-refractivity contribution in [3.05, 3.63) is 63.6 Å². The van der Waals surface area contributed by atoms with Crippen molar-refractivity contribution >= 4 is 38.1 Å². The van der Waals surface area contributed by atoms with Crippen LogP contribution < -0.4 is 14.2 Å². The second-order valence-electron chi connectivity index (χ2n) is 5.50. The fraction of sp³-hybridized carbons (Fsp3) is 0.211. The maximum atomic E-state index is 5.90. The van der Waals surface area contributed by atoms with E-state index in [-0.39, 0.29) is 0 Å². The van der Waals surface area contributed by atoms with E-state index in [1.165, 1.54) is 17.3 Å². The van der Waals surface area contributed by atoms with Crippen molar-refractivity contribution in [1.29, 1.82) is 0 Å². The van der Waals surface area contributed by atoms with E-state index in [1.54, 1.807) is 6.21 Å². The number of halogens is 2. The van der Waals surface area contributed by atoms with Crippen LogP contribution in [0.15, 0.2) is 63.1 Å². The van der Waals surface area contributed by atoms with Gasteiger partial charge in [-0.05, 0) is 64.8 Å². The first-order valence-corrected chi connectivity index (χ1v) is 10.1. The Balaban J connectivity index is 1.64. The van der Waals surface area contributed by atoms with Crippen LogP contribution >= 0.6 is 31.9 Å². The fourth-order valence-electron chi connectivity index (χ4n) is 2.29. The standard InChI is InChI=1S/C19H18Br2N4O3/c1-2-26-18-10-14(11-24-25-12-22-23-13-25)9-17(21)19(18)28-8-7-27-16-5-3-15(20)4-6-16/h3-6,9-13H,2,7-8H2,1H3/b24-11-. The highest BCUT2D eigenvalue weighted by molar-refractivity contribution is 9.10. The van der Waals surface area contributed by atoms with Crippen molar-refractivity contribution < 1.29 is 14.2 Å². The predicted octanol–water partition coefficient (Wildman–Crippen LogP) is 4.54. The van der Waals surface area contributed by atoms with Gasteiger partial charge in [0.2, 0.25) is 0 Å². The van der Waals surface area contributed by atoms with Gasteiger partial charge in [-0.15, -0.1) is 10.2 Å². The molecule has 1 aromatic heterocycles. The lowest BCUT2D eigenvalue weighted by atomic mass is 10.2. The van der Waals surface area contributed by atoms with Gasteiger partial charge in [0.05, 0.1) is 17.3 Å². The zero-order chi connectivity index (χ0) is 19.8. The van der Waals surface area contributed by atoms with Gasteiger partial charge in [0.15, 0.2) is 11.5 Å². The van der Waals surface area contributed by atoms with Gasteiger partial charge >= 0.3 is 0 Å². The molecule has 0 aliphatic rings. The minimum Gasteiger partial charge on any atom is -0.490 e. The monoisotopic (exact) mass is 508 g/mol. The highest BCUT2D eigenvalue weighted by atomic mass is 79.9. The molecule has 9 heteroatoms. The number of rotatable bonds is 9. The Morgan fingerprint density at radius 3 is 2.43 bits per heavy atom. The Bertz CT molecular complexity index is 916. The van der Waals surface area contributed by atoms with E-state index in [0.717, 1.165) is 20.3 Å². The van der Waals surface area contributed by atoms with E-state index in [2.05, 4.69) is 47.2 Å². The summed E-state index contributed by atoms with van der Waals surface area (Å²) in [6, 6.07) is 11.4. The molecule has 0 bridgehead atoms. The molecule has 0 saturated carbocycles. The van der Waals surface area contributed by atoms with Gasteiger partial charge < -0.3 is 14.2 Å². The number of hydrogen-bond acceptors (Lipinski definition) is 6. The summed E-state index contributed by atoms with van der Waals surface area (Å²) in [7, 11) is 0. The van der Waals surface area contributed by atoms with Crippen molar-refractivity contribution in [2.45, 2.75) is 6.92 Å². The Labute approximate surface area is 179 Å². The van der Waals surface area contributed by atoms with E-state index in [4.69, 9.17) is 14.2 Å². The summed E-state index contributed by atoms with van der Waals surface area (Å²) in [4.78, 5) is 0. The largest absolute Gasteiger partial charge is 0.490 e. The molecule has 0 atom stereocenters. The van der Waals surface area contributed by atoms with Gasteiger partial charge in [0.1, 0.15) is 31.6 Å². The lowest BCUT2D eigenvalue weighted by Gasteiger charge is -2.15. The number of aromatic nitrogens is 3. The van der Waals surface area contributed by atoms with Crippen LogP contribution in [0.4, 0.5) is 0 Å². The zero-order valence-corrected chi connectivity index (χ0v) is 18.3. The van der Waals surface area contributed by atoms with E-state index in [1.807, 2.05) is 43.3 Å². The number of nitrogens with zero attached hydrogens (tertiary/aromatic N) is 4. The van der Waals surface area contributed by atoms with Crippen LogP contribution in [-0.4, -0.2) is 40.9 Å². The molecule has 0 aliphatic carbocycles. The summed E-state index contributed by atoms with van der Waals surface area (Å²) in [6.07, 6.45) is 4.72. The van der Waals surface area contributed by atoms with Gasteiger partial charge in [-0.2, -0.15) is 5.10 Å². The molecule has 0 amide bonds. The summed E-state index contributed by atoms with van der Waals surface area (Å²) < 4.78 is 20.6. The van der Waals surface area contributed by atoms with Crippen LogP contribution in [0.3, 0.4) is 0 Å². The van der Waals surface area contributed by atoms with Crippen molar-refractivity contribution in [3.63, 3.8) is 0 Å². The second kappa shape index (κ2) is 10.2. The summed E-state index contributed by atoms with van der Waals surface area (Å²) in [5.74, 6) is 2.05. The molecule has 0 saturated heterocycles. The van der Waals surface area contributed by atoms with Crippen LogP contribution in [0.2, 0.25) is 0 Å². The third-order valence-electron chi connectivity index (χ3n) is 3.49. The number of hydrogen-bond donors (Lipinski definition) is 0. The third kappa shape index (κ3) is 5.80. The van der Waals surface area contributed by atoms with E-state index >= 15 is 0 Å². The molecular formula is C19H18Br2N4O3. The zero-order valence-electron chi connectivity index (χ0n) is 15.1. The summed E-state index contributed by atoms with van der Waals surface area (Å²) >= 11 is 6.95. The van der Waals surface area contributed by atoms with Gasteiger partial charge in [0.25, 0.3) is 0 Å². The summed E-state index contributed by atoms with van der Waals surface area (Å²) in [6.45, 7) is 3.23. The first kappa shape index (κ1) is 20.3. The third-order valence-corrected chi connectivity index (χ3v) is 4.61.